The topological polar surface area (TPSA) is 43.2 Å². The van der Waals surface area contributed by atoms with Gasteiger partial charge in [0.2, 0.25) is 5.95 Å². The number of hydrogen-bond acceptors (Lipinski definition) is 5. The molecule has 1 aromatic heterocycles. The summed E-state index contributed by atoms with van der Waals surface area (Å²) >= 11 is 1.78. The van der Waals surface area contributed by atoms with Crippen LogP contribution in [0.3, 0.4) is 0 Å². The Morgan fingerprint density at radius 3 is 2.75 bits per heavy atom. The van der Waals surface area contributed by atoms with E-state index in [-0.39, 0.29) is 0 Å². The van der Waals surface area contributed by atoms with Crippen LogP contribution in [0.2, 0.25) is 0 Å². The van der Waals surface area contributed by atoms with Gasteiger partial charge in [0.25, 0.3) is 0 Å². The van der Waals surface area contributed by atoms with Gasteiger partial charge in [0.15, 0.2) is 5.16 Å². The van der Waals surface area contributed by atoms with Crippen LogP contribution in [0.25, 0.3) is 0 Å². The fourth-order valence-corrected chi connectivity index (χ4v) is 3.67. The van der Waals surface area contributed by atoms with Crippen LogP contribution in [0, 0.1) is 0 Å². The standard InChI is InChI=1S/C14H24N4OS/c1-2-20-14-16-15-13(17-8-4-3-5-9-17)18(14)11-12-7-6-10-19-12/h12H,2-11H2,1H3/t12-/m0/s1. The van der Waals surface area contributed by atoms with Crippen LogP contribution in [-0.2, 0) is 11.3 Å². The van der Waals surface area contributed by atoms with Crippen LogP contribution in [-0.4, -0.2) is 46.3 Å². The molecule has 112 valence electrons. The first-order valence-electron chi connectivity index (χ1n) is 7.81. The molecule has 0 radical (unpaired) electrons. The number of rotatable bonds is 5. The monoisotopic (exact) mass is 296 g/mol. The maximum absolute atomic E-state index is 5.80. The van der Waals surface area contributed by atoms with Gasteiger partial charge in [-0.25, -0.2) is 0 Å². The summed E-state index contributed by atoms with van der Waals surface area (Å²) in [6.07, 6.45) is 6.56. The van der Waals surface area contributed by atoms with Crippen LogP contribution in [0.5, 0.6) is 0 Å². The van der Waals surface area contributed by atoms with E-state index in [2.05, 4.69) is 26.6 Å². The Morgan fingerprint density at radius 1 is 1.20 bits per heavy atom. The van der Waals surface area contributed by atoms with Crippen molar-refractivity contribution in [3.05, 3.63) is 0 Å². The van der Waals surface area contributed by atoms with Gasteiger partial charge in [-0.2, -0.15) is 0 Å². The Kier molecular flexibility index (Phi) is 4.83. The molecule has 5 nitrogen and oxygen atoms in total. The zero-order chi connectivity index (χ0) is 13.8. The molecule has 0 aromatic carbocycles. The molecule has 0 bridgehead atoms. The number of ether oxygens (including phenoxy) is 1. The highest BCUT2D eigenvalue weighted by molar-refractivity contribution is 7.99. The van der Waals surface area contributed by atoms with Gasteiger partial charge < -0.3 is 9.64 Å². The third-order valence-electron chi connectivity index (χ3n) is 4.02. The lowest BCUT2D eigenvalue weighted by molar-refractivity contribution is 0.0952. The second-order valence-corrected chi connectivity index (χ2v) is 6.74. The van der Waals surface area contributed by atoms with Gasteiger partial charge in [-0.05, 0) is 37.9 Å². The number of aromatic nitrogens is 3. The lowest BCUT2D eigenvalue weighted by atomic mass is 10.1. The first kappa shape index (κ1) is 14.2. The van der Waals surface area contributed by atoms with Crippen LogP contribution < -0.4 is 4.90 Å². The van der Waals surface area contributed by atoms with E-state index in [0.29, 0.717) is 6.10 Å². The van der Waals surface area contributed by atoms with Crippen molar-refractivity contribution in [1.82, 2.24) is 14.8 Å². The van der Waals surface area contributed by atoms with E-state index in [1.807, 2.05) is 0 Å². The molecule has 2 aliphatic heterocycles. The maximum atomic E-state index is 5.80. The van der Waals surface area contributed by atoms with Crippen molar-refractivity contribution >= 4 is 17.7 Å². The van der Waals surface area contributed by atoms with Crippen molar-refractivity contribution in [1.29, 1.82) is 0 Å². The lowest BCUT2D eigenvalue weighted by Gasteiger charge is -2.28. The number of thioether (sulfide) groups is 1. The normalized spacial score (nSPS) is 23.4. The Balaban J connectivity index is 1.80. The van der Waals surface area contributed by atoms with Crippen molar-refractivity contribution in [2.45, 2.75) is 56.8 Å². The quantitative estimate of drug-likeness (QED) is 0.781. The summed E-state index contributed by atoms with van der Waals surface area (Å²) in [7, 11) is 0. The molecule has 2 aliphatic rings. The highest BCUT2D eigenvalue weighted by Crippen LogP contribution is 2.26. The summed E-state index contributed by atoms with van der Waals surface area (Å²) in [5.41, 5.74) is 0. The first-order valence-corrected chi connectivity index (χ1v) is 8.79. The first-order chi connectivity index (χ1) is 9.88. The van der Waals surface area contributed by atoms with E-state index in [0.717, 1.165) is 49.5 Å². The van der Waals surface area contributed by atoms with Crippen molar-refractivity contribution in [2.24, 2.45) is 0 Å². The number of anilines is 1. The van der Waals surface area contributed by atoms with Crippen molar-refractivity contribution in [2.75, 3.05) is 30.3 Å². The molecule has 3 heterocycles. The smallest absolute Gasteiger partial charge is 0.228 e. The van der Waals surface area contributed by atoms with E-state index in [4.69, 9.17) is 4.74 Å². The number of nitrogens with zero attached hydrogens (tertiary/aromatic N) is 4. The average Bonchev–Trinajstić information content (AvgIpc) is 3.12. The van der Waals surface area contributed by atoms with Crippen LogP contribution in [0.4, 0.5) is 5.95 Å². The van der Waals surface area contributed by atoms with E-state index in [1.165, 1.54) is 25.7 Å². The summed E-state index contributed by atoms with van der Waals surface area (Å²) in [6, 6.07) is 0. The molecule has 2 fully saturated rings. The molecule has 1 atom stereocenters. The maximum Gasteiger partial charge on any atom is 0.228 e. The SMILES string of the molecule is CCSc1nnc(N2CCCCC2)n1C[C@@H]1CCCO1. The second-order valence-electron chi connectivity index (χ2n) is 5.51. The molecule has 20 heavy (non-hydrogen) atoms. The Morgan fingerprint density at radius 2 is 2.05 bits per heavy atom. The summed E-state index contributed by atoms with van der Waals surface area (Å²) in [5.74, 6) is 2.08. The summed E-state index contributed by atoms with van der Waals surface area (Å²) in [4.78, 5) is 2.39. The van der Waals surface area contributed by atoms with Crippen LogP contribution >= 0.6 is 11.8 Å². The molecule has 2 saturated heterocycles. The minimum Gasteiger partial charge on any atom is -0.376 e. The second kappa shape index (κ2) is 6.80. The molecule has 0 unspecified atom stereocenters. The van der Waals surface area contributed by atoms with Crippen LogP contribution in [0.15, 0.2) is 5.16 Å². The van der Waals surface area contributed by atoms with Gasteiger partial charge in [-0.15, -0.1) is 10.2 Å². The van der Waals surface area contributed by atoms with Crippen molar-refractivity contribution < 1.29 is 4.74 Å². The van der Waals surface area contributed by atoms with E-state index in [1.54, 1.807) is 11.8 Å². The van der Waals surface area contributed by atoms with Gasteiger partial charge >= 0.3 is 0 Å². The Labute approximate surface area is 125 Å². The molecule has 0 aliphatic carbocycles. The predicted molar refractivity (Wildman–Crippen MR) is 81.5 cm³/mol. The number of piperidine rings is 1. The summed E-state index contributed by atoms with van der Waals surface area (Å²) in [5, 5.41) is 9.91. The lowest BCUT2D eigenvalue weighted by Crippen LogP contribution is -2.33. The largest absolute Gasteiger partial charge is 0.376 e. The van der Waals surface area contributed by atoms with Gasteiger partial charge in [0.1, 0.15) is 0 Å². The molecule has 0 saturated carbocycles. The molecule has 0 spiro atoms. The third kappa shape index (κ3) is 3.11. The van der Waals surface area contributed by atoms with E-state index >= 15 is 0 Å². The molecule has 3 rings (SSSR count). The Hall–Kier alpha value is -0.750. The van der Waals surface area contributed by atoms with Gasteiger partial charge in [0.05, 0.1) is 12.6 Å². The minimum absolute atomic E-state index is 0.339. The molecule has 0 amide bonds. The molecule has 0 N–H and O–H groups in total. The summed E-state index contributed by atoms with van der Waals surface area (Å²) < 4.78 is 8.08. The van der Waals surface area contributed by atoms with Gasteiger partial charge in [-0.1, -0.05) is 18.7 Å². The van der Waals surface area contributed by atoms with Gasteiger partial charge in [0, 0.05) is 19.7 Å². The Bertz CT molecular complexity index is 425. The number of hydrogen-bond donors (Lipinski definition) is 0. The molecule has 6 heteroatoms. The summed E-state index contributed by atoms with van der Waals surface area (Å²) in [6.45, 7) is 6.19. The van der Waals surface area contributed by atoms with Crippen molar-refractivity contribution in [3.63, 3.8) is 0 Å². The zero-order valence-corrected chi connectivity index (χ0v) is 13.1. The fourth-order valence-electron chi connectivity index (χ4n) is 3.00. The third-order valence-corrected chi connectivity index (χ3v) is 4.87. The zero-order valence-electron chi connectivity index (χ0n) is 12.3. The van der Waals surface area contributed by atoms with Crippen molar-refractivity contribution in [3.8, 4) is 0 Å². The fraction of sp³-hybridized carbons (Fsp3) is 0.857. The van der Waals surface area contributed by atoms with Gasteiger partial charge in [-0.3, -0.25) is 4.57 Å². The highest BCUT2D eigenvalue weighted by Gasteiger charge is 2.24. The minimum atomic E-state index is 0.339. The van der Waals surface area contributed by atoms with Crippen LogP contribution in [0.1, 0.15) is 39.0 Å². The van der Waals surface area contributed by atoms with E-state index in [9.17, 15) is 0 Å². The molecular weight excluding hydrogens is 272 g/mol. The molecular formula is C14H24N4OS. The highest BCUT2D eigenvalue weighted by atomic mass is 32.2. The molecule has 1 aromatic rings. The average molecular weight is 296 g/mol. The van der Waals surface area contributed by atoms with E-state index < -0.39 is 0 Å². The predicted octanol–water partition coefficient (Wildman–Crippen LogP) is 2.56.